The molecular formula is C26H32BNO6. The van der Waals surface area contributed by atoms with Gasteiger partial charge in [0.1, 0.15) is 19.0 Å². The first kappa shape index (κ1) is 25.7. The number of nitrogens with zero attached hydrogens (tertiary/aromatic N) is 1. The van der Waals surface area contributed by atoms with Gasteiger partial charge >= 0.3 is 19.0 Å². The van der Waals surface area contributed by atoms with E-state index in [0.29, 0.717) is 13.0 Å². The molecule has 2 atom stereocenters. The monoisotopic (exact) mass is 465 g/mol. The molecule has 2 aromatic carbocycles. The topological polar surface area (TPSA) is 93.1 Å². The Morgan fingerprint density at radius 2 is 1.59 bits per heavy atom. The van der Waals surface area contributed by atoms with E-state index >= 15 is 0 Å². The Labute approximate surface area is 201 Å². The number of esters is 2. The highest BCUT2D eigenvalue weighted by Gasteiger charge is 2.36. The number of hydrogen-bond donors (Lipinski definition) is 1. The Hall–Kier alpha value is -2.97. The van der Waals surface area contributed by atoms with Gasteiger partial charge in [-0.15, -0.1) is 0 Å². The molecular weight excluding hydrogens is 433 g/mol. The zero-order valence-electron chi connectivity index (χ0n) is 19.6. The number of carbonyl (C=O) groups is 3. The molecule has 1 fully saturated rings. The Bertz CT molecular complexity index is 937. The molecule has 180 valence electrons. The van der Waals surface area contributed by atoms with Gasteiger partial charge in [0.25, 0.3) is 0 Å². The standard InChI is InChI=1S/C26H32BNO6/c1-27(32)28-16-8-13-23(28)24(29)17-22(26(31)34-19-21-11-6-3-7-12-21)14-15-25(30)33-18-20-9-4-2-5-10-20/h2-7,9-12,22-23,32H,8,13-19H2,1H3/t22-,23+/m1/s1. The Morgan fingerprint density at radius 3 is 2.18 bits per heavy atom. The average molecular weight is 465 g/mol. The van der Waals surface area contributed by atoms with Gasteiger partial charge in [-0.1, -0.05) is 60.7 Å². The summed E-state index contributed by atoms with van der Waals surface area (Å²) >= 11 is 0. The molecule has 1 aliphatic heterocycles. The molecule has 0 aromatic heterocycles. The predicted octanol–water partition coefficient (Wildman–Crippen LogP) is 3.40. The lowest BCUT2D eigenvalue weighted by molar-refractivity contribution is -0.153. The van der Waals surface area contributed by atoms with Gasteiger partial charge in [0.2, 0.25) is 0 Å². The SMILES string of the molecule is CB(O)N1CCC[C@H]1C(=O)C[C@@H](CCC(=O)OCc1ccccc1)C(=O)OCc1ccccc1. The smallest absolute Gasteiger partial charge is 0.377 e. The molecule has 2 aromatic rings. The molecule has 1 N–H and O–H groups in total. The normalized spacial score (nSPS) is 16.6. The summed E-state index contributed by atoms with van der Waals surface area (Å²) in [5.74, 6) is -1.80. The van der Waals surface area contributed by atoms with E-state index in [9.17, 15) is 19.4 Å². The molecule has 0 radical (unpaired) electrons. The summed E-state index contributed by atoms with van der Waals surface area (Å²) in [4.78, 5) is 40.0. The summed E-state index contributed by atoms with van der Waals surface area (Å²) in [5.41, 5.74) is 1.73. The van der Waals surface area contributed by atoms with Gasteiger partial charge in [0.05, 0.1) is 12.0 Å². The number of Topliss-reactive ketones (excluding diaryl/α,β-unsaturated/α-hetero) is 1. The van der Waals surface area contributed by atoms with Crippen molar-refractivity contribution in [1.82, 2.24) is 4.81 Å². The van der Waals surface area contributed by atoms with E-state index in [1.165, 1.54) is 0 Å². The van der Waals surface area contributed by atoms with E-state index in [2.05, 4.69) is 0 Å². The van der Waals surface area contributed by atoms with Crippen molar-refractivity contribution in [2.45, 2.75) is 58.2 Å². The van der Waals surface area contributed by atoms with Crippen LogP contribution >= 0.6 is 0 Å². The van der Waals surface area contributed by atoms with Crippen molar-refractivity contribution >= 4 is 24.8 Å². The van der Waals surface area contributed by atoms with E-state index in [1.807, 2.05) is 60.7 Å². The summed E-state index contributed by atoms with van der Waals surface area (Å²) in [5, 5.41) is 9.98. The minimum atomic E-state index is -0.753. The van der Waals surface area contributed by atoms with Crippen LogP contribution in [-0.4, -0.2) is 47.2 Å². The third-order valence-electron chi connectivity index (χ3n) is 6.09. The molecule has 34 heavy (non-hydrogen) atoms. The van der Waals surface area contributed by atoms with Gasteiger partial charge in [0, 0.05) is 12.8 Å². The third kappa shape index (κ3) is 7.82. The molecule has 0 unspecified atom stereocenters. The second-order valence-corrected chi connectivity index (χ2v) is 8.67. The van der Waals surface area contributed by atoms with Gasteiger partial charge in [-0.3, -0.25) is 14.4 Å². The number of ether oxygens (including phenoxy) is 2. The van der Waals surface area contributed by atoms with Crippen LogP contribution in [0.2, 0.25) is 6.82 Å². The van der Waals surface area contributed by atoms with Crippen molar-refractivity contribution in [3.63, 3.8) is 0 Å². The quantitative estimate of drug-likeness (QED) is 0.379. The number of carbonyl (C=O) groups excluding carboxylic acids is 3. The fourth-order valence-electron chi connectivity index (χ4n) is 4.21. The molecule has 0 bridgehead atoms. The highest BCUT2D eigenvalue weighted by atomic mass is 16.5. The van der Waals surface area contributed by atoms with E-state index in [0.717, 1.165) is 17.5 Å². The lowest BCUT2D eigenvalue weighted by Crippen LogP contribution is -2.45. The van der Waals surface area contributed by atoms with Gasteiger partial charge in [-0.2, -0.15) is 0 Å². The molecule has 0 spiro atoms. The molecule has 0 aliphatic carbocycles. The van der Waals surface area contributed by atoms with Crippen molar-refractivity contribution in [1.29, 1.82) is 0 Å². The molecule has 1 heterocycles. The number of hydrogen-bond acceptors (Lipinski definition) is 7. The summed E-state index contributed by atoms with van der Waals surface area (Å²) < 4.78 is 10.8. The fraction of sp³-hybridized carbons (Fsp3) is 0.423. The third-order valence-corrected chi connectivity index (χ3v) is 6.09. The summed E-state index contributed by atoms with van der Waals surface area (Å²) in [6.45, 7) is 2.54. The second kappa shape index (κ2) is 13.1. The maximum atomic E-state index is 13.0. The second-order valence-electron chi connectivity index (χ2n) is 8.67. The lowest BCUT2D eigenvalue weighted by Gasteiger charge is -2.25. The minimum Gasteiger partial charge on any atom is -0.461 e. The van der Waals surface area contributed by atoms with Crippen molar-refractivity contribution in [3.05, 3.63) is 71.8 Å². The summed E-state index contributed by atoms with van der Waals surface area (Å²) in [7, 11) is -0.729. The van der Waals surface area contributed by atoms with Crippen molar-refractivity contribution < 1.29 is 28.9 Å². The molecule has 1 aliphatic rings. The highest BCUT2D eigenvalue weighted by molar-refractivity contribution is 6.45. The molecule has 7 nitrogen and oxygen atoms in total. The van der Waals surface area contributed by atoms with E-state index in [4.69, 9.17) is 9.47 Å². The van der Waals surface area contributed by atoms with Crippen LogP contribution in [0.25, 0.3) is 0 Å². The summed E-state index contributed by atoms with van der Waals surface area (Å²) in [6.07, 6.45) is 1.60. The van der Waals surface area contributed by atoms with Crippen LogP contribution in [-0.2, 0) is 37.1 Å². The maximum absolute atomic E-state index is 13.0. The first-order valence-electron chi connectivity index (χ1n) is 11.8. The van der Waals surface area contributed by atoms with E-state index in [-0.39, 0.29) is 38.3 Å². The minimum absolute atomic E-state index is 0.00992. The Morgan fingerprint density at radius 1 is 1.00 bits per heavy atom. The first-order chi connectivity index (χ1) is 16.4. The summed E-state index contributed by atoms with van der Waals surface area (Å²) in [6, 6.07) is 18.2. The molecule has 0 amide bonds. The zero-order valence-corrected chi connectivity index (χ0v) is 19.6. The predicted molar refractivity (Wildman–Crippen MR) is 128 cm³/mol. The van der Waals surface area contributed by atoms with Gasteiger partial charge < -0.3 is 19.3 Å². The van der Waals surface area contributed by atoms with Crippen LogP contribution in [0.1, 0.15) is 43.2 Å². The van der Waals surface area contributed by atoms with Crippen molar-refractivity contribution in [2.75, 3.05) is 6.54 Å². The molecule has 1 saturated heterocycles. The number of rotatable bonds is 12. The van der Waals surface area contributed by atoms with Crippen LogP contribution in [0.4, 0.5) is 0 Å². The van der Waals surface area contributed by atoms with Crippen molar-refractivity contribution in [3.8, 4) is 0 Å². The van der Waals surface area contributed by atoms with Gasteiger partial charge in [-0.05, 0) is 43.8 Å². The molecule has 3 rings (SSSR count). The fourth-order valence-corrected chi connectivity index (χ4v) is 4.21. The molecule has 8 heteroatoms. The maximum Gasteiger partial charge on any atom is 0.377 e. The van der Waals surface area contributed by atoms with Crippen LogP contribution in [0, 0.1) is 5.92 Å². The van der Waals surface area contributed by atoms with Gasteiger partial charge in [-0.25, -0.2) is 0 Å². The number of benzene rings is 2. The van der Waals surface area contributed by atoms with Crippen LogP contribution < -0.4 is 0 Å². The lowest BCUT2D eigenvalue weighted by atomic mass is 9.82. The first-order valence-corrected chi connectivity index (χ1v) is 11.8. The van der Waals surface area contributed by atoms with Crippen LogP contribution in [0.5, 0.6) is 0 Å². The van der Waals surface area contributed by atoms with Crippen molar-refractivity contribution in [2.24, 2.45) is 5.92 Å². The number of ketones is 1. The zero-order chi connectivity index (χ0) is 24.3. The van der Waals surface area contributed by atoms with Crippen LogP contribution in [0.15, 0.2) is 60.7 Å². The van der Waals surface area contributed by atoms with E-state index in [1.54, 1.807) is 11.6 Å². The molecule has 0 saturated carbocycles. The highest BCUT2D eigenvalue weighted by Crippen LogP contribution is 2.24. The Balaban J connectivity index is 1.58. The Kier molecular flexibility index (Phi) is 9.85. The largest absolute Gasteiger partial charge is 0.461 e. The van der Waals surface area contributed by atoms with E-state index < -0.39 is 30.9 Å². The van der Waals surface area contributed by atoms with Gasteiger partial charge in [0.15, 0.2) is 0 Å². The van der Waals surface area contributed by atoms with Crippen LogP contribution in [0.3, 0.4) is 0 Å². The average Bonchev–Trinajstić information content (AvgIpc) is 3.36.